The van der Waals surface area contributed by atoms with E-state index in [9.17, 15) is 16.8 Å². The van der Waals surface area contributed by atoms with E-state index in [1.807, 2.05) is 6.92 Å². The summed E-state index contributed by atoms with van der Waals surface area (Å²) in [6.07, 6.45) is 1.05. The van der Waals surface area contributed by atoms with E-state index in [2.05, 4.69) is 10.6 Å². The monoisotopic (exact) mass is 326 g/mol. The molecule has 2 N–H and O–H groups in total. The average molecular weight is 326 g/mol. The van der Waals surface area contributed by atoms with E-state index in [0.717, 1.165) is 0 Å². The van der Waals surface area contributed by atoms with Crippen LogP contribution >= 0.6 is 12.2 Å². The fourth-order valence-corrected chi connectivity index (χ4v) is 6.69. The Morgan fingerprint density at radius 3 is 2.37 bits per heavy atom. The van der Waals surface area contributed by atoms with Gasteiger partial charge in [0.15, 0.2) is 24.8 Å². The van der Waals surface area contributed by atoms with Crippen molar-refractivity contribution in [2.75, 3.05) is 23.0 Å². The molecular formula is C10H18N2O4S3. The molecule has 0 radical (unpaired) electrons. The lowest BCUT2D eigenvalue weighted by molar-refractivity contribution is 0.464. The molecule has 0 aromatic rings. The van der Waals surface area contributed by atoms with Crippen molar-refractivity contribution in [3.05, 3.63) is 0 Å². The molecule has 0 aromatic heterocycles. The third-order valence-corrected chi connectivity index (χ3v) is 7.38. The minimum atomic E-state index is -2.99. The normalized spacial score (nSPS) is 35.9. The fourth-order valence-electron chi connectivity index (χ4n) is 2.51. The molecule has 2 heterocycles. The highest BCUT2D eigenvalue weighted by molar-refractivity contribution is 7.92. The van der Waals surface area contributed by atoms with E-state index in [1.54, 1.807) is 0 Å². The van der Waals surface area contributed by atoms with Crippen molar-refractivity contribution < 1.29 is 16.8 Å². The minimum absolute atomic E-state index is 0.0603. The Morgan fingerprint density at radius 2 is 1.89 bits per heavy atom. The Hall–Kier alpha value is -0.410. The summed E-state index contributed by atoms with van der Waals surface area (Å²) in [6.45, 7) is 1.82. The van der Waals surface area contributed by atoms with Crippen LogP contribution in [0, 0.1) is 0 Å². The SMILES string of the molecule is C[C@@]1(NC(=S)N[C@@H]2CCS(=O)(=O)C2)CCS(=O)(=O)C1. The first-order valence-corrected chi connectivity index (χ1v) is 10.1. The van der Waals surface area contributed by atoms with E-state index < -0.39 is 25.2 Å². The molecule has 9 heteroatoms. The molecule has 0 aliphatic carbocycles. The Morgan fingerprint density at radius 1 is 1.21 bits per heavy atom. The largest absolute Gasteiger partial charge is 0.359 e. The highest BCUT2D eigenvalue weighted by atomic mass is 32.2. The van der Waals surface area contributed by atoms with Crippen LogP contribution in [0.4, 0.5) is 0 Å². The summed E-state index contributed by atoms with van der Waals surface area (Å²) in [5, 5.41) is 6.31. The van der Waals surface area contributed by atoms with Gasteiger partial charge in [-0.25, -0.2) is 16.8 Å². The molecule has 0 bridgehead atoms. The summed E-state index contributed by atoms with van der Waals surface area (Å²) >= 11 is 5.14. The Balaban J connectivity index is 1.89. The summed E-state index contributed by atoms with van der Waals surface area (Å²) in [4.78, 5) is 0. The molecule has 6 nitrogen and oxygen atoms in total. The van der Waals surface area contributed by atoms with Gasteiger partial charge in [0, 0.05) is 6.04 Å². The van der Waals surface area contributed by atoms with Crippen LogP contribution in [0.2, 0.25) is 0 Å². The van der Waals surface area contributed by atoms with Gasteiger partial charge in [-0.05, 0) is 32.0 Å². The van der Waals surface area contributed by atoms with Gasteiger partial charge in [0.25, 0.3) is 0 Å². The molecule has 0 saturated carbocycles. The van der Waals surface area contributed by atoms with Crippen molar-refractivity contribution in [3.8, 4) is 0 Å². The Kier molecular flexibility index (Phi) is 3.83. The topological polar surface area (TPSA) is 92.3 Å². The molecule has 0 amide bonds. The van der Waals surface area contributed by atoms with Crippen LogP contribution in [0.25, 0.3) is 0 Å². The lowest BCUT2D eigenvalue weighted by Crippen LogP contribution is -2.53. The molecule has 2 atom stereocenters. The second-order valence-electron chi connectivity index (χ2n) is 5.60. The molecule has 0 aromatic carbocycles. The van der Waals surface area contributed by atoms with Crippen molar-refractivity contribution >= 4 is 37.0 Å². The zero-order valence-corrected chi connectivity index (χ0v) is 13.1. The van der Waals surface area contributed by atoms with Crippen LogP contribution in [0.1, 0.15) is 19.8 Å². The number of hydrogen-bond acceptors (Lipinski definition) is 5. The number of hydrogen-bond donors (Lipinski definition) is 2. The van der Waals surface area contributed by atoms with E-state index in [0.29, 0.717) is 18.0 Å². The van der Waals surface area contributed by atoms with Gasteiger partial charge in [-0.2, -0.15) is 0 Å². The van der Waals surface area contributed by atoms with E-state index >= 15 is 0 Å². The van der Waals surface area contributed by atoms with Gasteiger partial charge < -0.3 is 10.6 Å². The third kappa shape index (κ3) is 4.03. The first-order chi connectivity index (χ1) is 8.59. The van der Waals surface area contributed by atoms with Gasteiger partial charge in [0.05, 0.1) is 28.6 Å². The molecule has 2 rings (SSSR count). The molecule has 2 aliphatic heterocycles. The smallest absolute Gasteiger partial charge is 0.166 e. The number of sulfone groups is 2. The van der Waals surface area contributed by atoms with Crippen molar-refractivity contribution in [3.63, 3.8) is 0 Å². The highest BCUT2D eigenvalue weighted by Crippen LogP contribution is 2.22. The molecule has 2 saturated heterocycles. The first-order valence-electron chi connectivity index (χ1n) is 6.09. The standard InChI is InChI=1S/C10H18N2O4S3/c1-10(3-5-19(15,16)7-10)12-9(17)11-8-2-4-18(13,14)6-8/h8H,2-7H2,1H3,(H2,11,12,17)/t8-,10-/m1/s1. The lowest BCUT2D eigenvalue weighted by atomic mass is 10.0. The maximum absolute atomic E-state index is 11.5. The first kappa shape index (κ1) is 15.0. The van der Waals surface area contributed by atoms with Gasteiger partial charge in [-0.1, -0.05) is 0 Å². The molecule has 0 spiro atoms. The molecular weight excluding hydrogens is 308 g/mol. The summed E-state index contributed by atoms with van der Waals surface area (Å²) in [6, 6.07) is -0.174. The van der Waals surface area contributed by atoms with E-state index in [1.165, 1.54) is 0 Å². The van der Waals surface area contributed by atoms with Gasteiger partial charge in [0.2, 0.25) is 0 Å². The lowest BCUT2D eigenvalue weighted by Gasteiger charge is -2.27. The fraction of sp³-hybridized carbons (Fsp3) is 0.900. The summed E-state index contributed by atoms with van der Waals surface area (Å²) in [5.41, 5.74) is -0.555. The molecule has 0 unspecified atom stereocenters. The van der Waals surface area contributed by atoms with Crippen molar-refractivity contribution in [1.82, 2.24) is 10.6 Å². The van der Waals surface area contributed by atoms with Gasteiger partial charge in [-0.3, -0.25) is 0 Å². The van der Waals surface area contributed by atoms with Gasteiger partial charge >= 0.3 is 0 Å². The third-order valence-electron chi connectivity index (χ3n) is 3.49. The molecule has 2 fully saturated rings. The predicted octanol–water partition coefficient (Wildman–Crippen LogP) is -0.785. The second-order valence-corrected chi connectivity index (χ2v) is 10.4. The van der Waals surface area contributed by atoms with Crippen LogP contribution in [0.15, 0.2) is 0 Å². The predicted molar refractivity (Wildman–Crippen MR) is 77.6 cm³/mol. The van der Waals surface area contributed by atoms with Crippen LogP contribution in [-0.4, -0.2) is 56.5 Å². The zero-order valence-electron chi connectivity index (χ0n) is 10.7. The van der Waals surface area contributed by atoms with Crippen molar-refractivity contribution in [2.45, 2.75) is 31.3 Å². The maximum Gasteiger partial charge on any atom is 0.166 e. The molecule has 110 valence electrons. The molecule has 19 heavy (non-hydrogen) atoms. The van der Waals surface area contributed by atoms with Crippen molar-refractivity contribution in [2.24, 2.45) is 0 Å². The number of rotatable bonds is 2. The van der Waals surface area contributed by atoms with Crippen LogP contribution in [0.5, 0.6) is 0 Å². The van der Waals surface area contributed by atoms with Gasteiger partial charge in [0.1, 0.15) is 0 Å². The summed E-state index contributed by atoms with van der Waals surface area (Å²) in [5.74, 6) is 0.491. The average Bonchev–Trinajstić information content (AvgIpc) is 2.66. The number of nitrogens with one attached hydrogen (secondary N) is 2. The van der Waals surface area contributed by atoms with Crippen LogP contribution in [-0.2, 0) is 19.7 Å². The summed E-state index contributed by atoms with van der Waals surface area (Å²) in [7, 11) is -5.94. The minimum Gasteiger partial charge on any atom is -0.359 e. The Labute approximate surface area is 119 Å². The zero-order chi connectivity index (χ0) is 14.3. The summed E-state index contributed by atoms with van der Waals surface area (Å²) < 4.78 is 45.6. The second kappa shape index (κ2) is 4.85. The highest BCUT2D eigenvalue weighted by Gasteiger charge is 2.39. The maximum atomic E-state index is 11.5. The molecule has 2 aliphatic rings. The number of thiocarbonyl (C=S) groups is 1. The van der Waals surface area contributed by atoms with Crippen LogP contribution < -0.4 is 10.6 Å². The quantitative estimate of drug-likeness (QED) is 0.643. The Bertz CT molecular complexity index is 584. The van der Waals surface area contributed by atoms with Crippen LogP contribution in [0.3, 0.4) is 0 Å². The van der Waals surface area contributed by atoms with Gasteiger partial charge in [-0.15, -0.1) is 0 Å². The van der Waals surface area contributed by atoms with E-state index in [-0.39, 0.29) is 29.1 Å². The van der Waals surface area contributed by atoms with E-state index in [4.69, 9.17) is 12.2 Å². The van der Waals surface area contributed by atoms with Crippen molar-refractivity contribution in [1.29, 1.82) is 0 Å².